The Morgan fingerprint density at radius 2 is 1.24 bits per heavy atom. The maximum atomic E-state index is 12.2. The molecule has 6 heteroatoms. The van der Waals surface area contributed by atoms with Crippen LogP contribution >= 0.6 is 0 Å². The van der Waals surface area contributed by atoms with Gasteiger partial charge in [-0.25, -0.2) is 19.6 Å². The largest absolute Gasteiger partial charge is 0.407 e. The van der Waals surface area contributed by atoms with Crippen LogP contribution in [0.5, 0.6) is 0 Å². The lowest BCUT2D eigenvalue weighted by Crippen LogP contribution is -2.13. The Hall–Kier alpha value is -3.28. The minimum absolute atomic E-state index is 0.192. The first-order valence-electron chi connectivity index (χ1n) is 7.97. The molecule has 0 radical (unpaired) electrons. The van der Waals surface area contributed by atoms with Crippen LogP contribution in [0.1, 0.15) is 31.0 Å². The molecule has 0 saturated heterocycles. The lowest BCUT2D eigenvalue weighted by Gasteiger charge is -2.11. The summed E-state index contributed by atoms with van der Waals surface area (Å²) in [4.78, 5) is 33.3. The number of para-hydroxylation sites is 2. The Kier molecular flexibility index (Phi) is 3.65. The summed E-state index contributed by atoms with van der Waals surface area (Å²) < 4.78 is 10.8. The van der Waals surface area contributed by atoms with Crippen LogP contribution in [0.3, 0.4) is 0 Å². The Labute approximate surface area is 141 Å². The summed E-state index contributed by atoms with van der Waals surface area (Å²) in [5.74, 6) is -0.135. The summed E-state index contributed by atoms with van der Waals surface area (Å²) in [5, 5.41) is 0.822. The molecule has 124 valence electrons. The van der Waals surface area contributed by atoms with Gasteiger partial charge in [0, 0.05) is 0 Å². The van der Waals surface area contributed by atoms with E-state index in [0.717, 1.165) is 0 Å². The fourth-order valence-corrected chi connectivity index (χ4v) is 2.82. The fraction of sp³-hybridized carbons (Fsp3) is 0.158. The summed E-state index contributed by atoms with van der Waals surface area (Å²) >= 11 is 0. The standard InChI is InChI=1S/C19H14N2O4/c1-2-11(16-20-14-9-5-3-7-12(14)18(22)24-16)17-21-15-10-6-4-8-13(15)19(23)25-17/h3-11H,2H2,1H3. The van der Waals surface area contributed by atoms with E-state index in [0.29, 0.717) is 28.2 Å². The third kappa shape index (κ3) is 2.61. The summed E-state index contributed by atoms with van der Waals surface area (Å²) in [6, 6.07) is 13.9. The average molecular weight is 334 g/mol. The second-order valence-corrected chi connectivity index (χ2v) is 5.67. The van der Waals surface area contributed by atoms with Gasteiger partial charge in [0.05, 0.1) is 21.8 Å². The van der Waals surface area contributed by atoms with Gasteiger partial charge in [-0.15, -0.1) is 0 Å². The van der Waals surface area contributed by atoms with Crippen LogP contribution in [-0.2, 0) is 0 Å². The molecule has 0 atom stereocenters. The molecule has 0 saturated carbocycles. The second kappa shape index (κ2) is 5.98. The average Bonchev–Trinajstić information content (AvgIpc) is 2.63. The molecular formula is C19H14N2O4. The van der Waals surface area contributed by atoms with Gasteiger partial charge in [-0.3, -0.25) is 0 Å². The number of nitrogens with zero attached hydrogens (tertiary/aromatic N) is 2. The molecule has 2 heterocycles. The Morgan fingerprint density at radius 1 is 0.800 bits per heavy atom. The van der Waals surface area contributed by atoms with Crippen LogP contribution in [-0.4, -0.2) is 9.97 Å². The molecule has 0 bridgehead atoms. The van der Waals surface area contributed by atoms with Gasteiger partial charge in [-0.1, -0.05) is 31.2 Å². The van der Waals surface area contributed by atoms with Crippen molar-refractivity contribution in [2.45, 2.75) is 19.3 Å². The minimum Gasteiger partial charge on any atom is -0.407 e. The zero-order valence-electron chi connectivity index (χ0n) is 13.4. The fourth-order valence-electron chi connectivity index (χ4n) is 2.82. The molecule has 0 N–H and O–H groups in total. The maximum Gasteiger partial charge on any atom is 0.346 e. The van der Waals surface area contributed by atoms with Crippen molar-refractivity contribution >= 4 is 21.8 Å². The van der Waals surface area contributed by atoms with Gasteiger partial charge in [0.15, 0.2) is 0 Å². The van der Waals surface area contributed by atoms with Crippen LogP contribution < -0.4 is 11.3 Å². The number of benzene rings is 2. The van der Waals surface area contributed by atoms with Gasteiger partial charge in [0.2, 0.25) is 11.8 Å². The molecule has 0 amide bonds. The van der Waals surface area contributed by atoms with E-state index in [1.807, 2.05) is 6.92 Å². The van der Waals surface area contributed by atoms with E-state index in [9.17, 15) is 9.59 Å². The van der Waals surface area contributed by atoms with E-state index in [-0.39, 0.29) is 11.8 Å². The monoisotopic (exact) mass is 334 g/mol. The van der Waals surface area contributed by atoms with Crippen LogP contribution in [0, 0.1) is 0 Å². The quantitative estimate of drug-likeness (QED) is 0.572. The molecule has 0 aliphatic carbocycles. The summed E-state index contributed by atoms with van der Waals surface area (Å²) in [6.07, 6.45) is 0.516. The molecular weight excluding hydrogens is 320 g/mol. The summed E-state index contributed by atoms with van der Waals surface area (Å²) in [7, 11) is 0. The van der Waals surface area contributed by atoms with E-state index in [4.69, 9.17) is 8.83 Å². The molecule has 25 heavy (non-hydrogen) atoms. The van der Waals surface area contributed by atoms with Crippen molar-refractivity contribution in [2.75, 3.05) is 0 Å². The zero-order chi connectivity index (χ0) is 17.4. The highest BCUT2D eigenvalue weighted by atomic mass is 16.4. The van der Waals surface area contributed by atoms with Crippen LogP contribution in [0.25, 0.3) is 21.8 Å². The highest BCUT2D eigenvalue weighted by Gasteiger charge is 2.23. The van der Waals surface area contributed by atoms with Crippen molar-refractivity contribution in [1.82, 2.24) is 9.97 Å². The molecule has 0 unspecified atom stereocenters. The van der Waals surface area contributed by atoms with Gasteiger partial charge in [0.1, 0.15) is 5.92 Å². The molecule has 4 aromatic rings. The van der Waals surface area contributed by atoms with Gasteiger partial charge in [-0.05, 0) is 30.7 Å². The third-order valence-electron chi connectivity index (χ3n) is 4.11. The first-order chi connectivity index (χ1) is 12.2. The molecule has 0 aliphatic rings. The molecule has 2 aromatic heterocycles. The van der Waals surface area contributed by atoms with Crippen LogP contribution in [0.4, 0.5) is 0 Å². The van der Waals surface area contributed by atoms with E-state index in [1.54, 1.807) is 48.5 Å². The minimum atomic E-state index is -0.519. The van der Waals surface area contributed by atoms with Crippen LogP contribution in [0.2, 0.25) is 0 Å². The SMILES string of the molecule is CCC(c1nc2ccccc2c(=O)o1)c1nc2ccccc2c(=O)o1. The lowest BCUT2D eigenvalue weighted by atomic mass is 10.1. The first-order valence-corrected chi connectivity index (χ1v) is 7.97. The molecule has 2 aromatic carbocycles. The number of hydrogen-bond donors (Lipinski definition) is 0. The Balaban J connectivity index is 1.91. The van der Waals surface area contributed by atoms with Crippen molar-refractivity contribution in [1.29, 1.82) is 0 Å². The number of fused-ring (bicyclic) bond motifs is 2. The molecule has 0 fully saturated rings. The van der Waals surface area contributed by atoms with E-state index in [1.165, 1.54) is 0 Å². The highest BCUT2D eigenvalue weighted by molar-refractivity contribution is 5.77. The first kappa shape index (κ1) is 15.3. The normalized spacial score (nSPS) is 11.4. The van der Waals surface area contributed by atoms with Gasteiger partial charge >= 0.3 is 11.3 Å². The predicted octanol–water partition coefficient (Wildman–Crippen LogP) is 3.23. The number of rotatable bonds is 3. The molecule has 6 nitrogen and oxygen atoms in total. The summed E-state index contributed by atoms with van der Waals surface area (Å²) in [5.41, 5.74) is 0.134. The van der Waals surface area contributed by atoms with Crippen molar-refractivity contribution in [3.63, 3.8) is 0 Å². The third-order valence-corrected chi connectivity index (χ3v) is 4.11. The van der Waals surface area contributed by atoms with E-state index in [2.05, 4.69) is 9.97 Å². The van der Waals surface area contributed by atoms with Gasteiger partial charge in [-0.2, -0.15) is 0 Å². The number of hydrogen-bond acceptors (Lipinski definition) is 6. The van der Waals surface area contributed by atoms with Gasteiger partial charge < -0.3 is 8.83 Å². The van der Waals surface area contributed by atoms with Crippen molar-refractivity contribution < 1.29 is 8.83 Å². The van der Waals surface area contributed by atoms with Crippen molar-refractivity contribution in [2.24, 2.45) is 0 Å². The molecule has 0 spiro atoms. The zero-order valence-corrected chi connectivity index (χ0v) is 13.4. The Morgan fingerprint density at radius 3 is 1.68 bits per heavy atom. The Bertz CT molecular complexity index is 1100. The molecule has 0 aliphatic heterocycles. The maximum absolute atomic E-state index is 12.2. The van der Waals surface area contributed by atoms with Crippen molar-refractivity contribution in [3.8, 4) is 0 Å². The topological polar surface area (TPSA) is 86.2 Å². The van der Waals surface area contributed by atoms with Crippen LogP contribution in [0.15, 0.2) is 67.0 Å². The smallest absolute Gasteiger partial charge is 0.346 e. The van der Waals surface area contributed by atoms with E-state index < -0.39 is 17.2 Å². The second-order valence-electron chi connectivity index (χ2n) is 5.67. The van der Waals surface area contributed by atoms with Crippen molar-refractivity contribution in [3.05, 3.63) is 81.2 Å². The molecule has 4 rings (SSSR count). The lowest BCUT2D eigenvalue weighted by molar-refractivity contribution is 0.359. The summed E-state index contributed by atoms with van der Waals surface area (Å²) in [6.45, 7) is 1.89. The highest BCUT2D eigenvalue weighted by Crippen LogP contribution is 2.25. The van der Waals surface area contributed by atoms with E-state index >= 15 is 0 Å². The number of aromatic nitrogens is 2. The predicted molar refractivity (Wildman–Crippen MR) is 92.7 cm³/mol. The van der Waals surface area contributed by atoms with Gasteiger partial charge in [0.25, 0.3) is 0 Å².